The standard InChI is InChI=1S/C17H15NO2/c1-20-17(19)16-15-10-6-5-9-14(15)12-18(16)11-13-7-3-2-4-8-13/h2-10,12H,11H2,1H3. The molecule has 0 aliphatic rings. The van der Waals surface area contributed by atoms with Crippen LogP contribution in [0.5, 0.6) is 0 Å². The predicted octanol–water partition coefficient (Wildman–Crippen LogP) is 3.48. The van der Waals surface area contributed by atoms with Crippen molar-refractivity contribution in [1.82, 2.24) is 4.57 Å². The van der Waals surface area contributed by atoms with Crippen molar-refractivity contribution in [3.8, 4) is 0 Å². The van der Waals surface area contributed by atoms with Gasteiger partial charge in [0.1, 0.15) is 5.69 Å². The fraction of sp³-hybridized carbons (Fsp3) is 0.118. The van der Waals surface area contributed by atoms with E-state index < -0.39 is 0 Å². The van der Waals surface area contributed by atoms with Crippen molar-refractivity contribution in [1.29, 1.82) is 0 Å². The Morgan fingerprint density at radius 2 is 1.75 bits per heavy atom. The Morgan fingerprint density at radius 1 is 1.05 bits per heavy atom. The van der Waals surface area contributed by atoms with Gasteiger partial charge in [0.2, 0.25) is 0 Å². The van der Waals surface area contributed by atoms with Gasteiger partial charge in [-0.15, -0.1) is 0 Å². The molecule has 1 aromatic heterocycles. The molecule has 0 radical (unpaired) electrons. The number of fused-ring (bicyclic) bond motifs is 1. The second-order valence-corrected chi connectivity index (χ2v) is 4.67. The second-order valence-electron chi connectivity index (χ2n) is 4.67. The maximum atomic E-state index is 12.1. The minimum absolute atomic E-state index is 0.304. The van der Waals surface area contributed by atoms with Crippen LogP contribution in [0.4, 0.5) is 0 Å². The summed E-state index contributed by atoms with van der Waals surface area (Å²) in [5, 5.41) is 1.97. The lowest BCUT2D eigenvalue weighted by atomic mass is 10.2. The maximum Gasteiger partial charge on any atom is 0.355 e. The normalized spacial score (nSPS) is 10.7. The maximum absolute atomic E-state index is 12.1. The molecule has 3 aromatic rings. The van der Waals surface area contributed by atoms with Gasteiger partial charge in [-0.25, -0.2) is 4.79 Å². The van der Waals surface area contributed by atoms with Crippen LogP contribution in [0.2, 0.25) is 0 Å². The first-order chi connectivity index (χ1) is 9.79. The molecule has 0 aliphatic carbocycles. The van der Waals surface area contributed by atoms with Crippen LogP contribution < -0.4 is 0 Å². The Balaban J connectivity index is 2.12. The van der Waals surface area contributed by atoms with Crippen LogP contribution in [-0.4, -0.2) is 17.6 Å². The lowest BCUT2D eigenvalue weighted by Gasteiger charge is -2.08. The molecule has 3 nitrogen and oxygen atoms in total. The van der Waals surface area contributed by atoms with Crippen molar-refractivity contribution in [2.45, 2.75) is 6.54 Å². The van der Waals surface area contributed by atoms with E-state index in [9.17, 15) is 4.79 Å². The number of hydrogen-bond donors (Lipinski definition) is 0. The number of esters is 1. The van der Waals surface area contributed by atoms with Crippen LogP contribution >= 0.6 is 0 Å². The molecule has 0 N–H and O–H groups in total. The van der Waals surface area contributed by atoms with E-state index in [0.717, 1.165) is 16.3 Å². The minimum Gasteiger partial charge on any atom is -0.464 e. The summed E-state index contributed by atoms with van der Waals surface area (Å²) in [7, 11) is 1.41. The second kappa shape index (κ2) is 5.21. The fourth-order valence-corrected chi connectivity index (χ4v) is 2.44. The predicted molar refractivity (Wildman–Crippen MR) is 78.8 cm³/mol. The Kier molecular flexibility index (Phi) is 3.25. The average Bonchev–Trinajstić information content (AvgIpc) is 2.85. The molecule has 100 valence electrons. The number of rotatable bonds is 3. The summed E-state index contributed by atoms with van der Waals surface area (Å²) in [6.45, 7) is 0.653. The van der Waals surface area contributed by atoms with E-state index in [1.54, 1.807) is 0 Å². The smallest absolute Gasteiger partial charge is 0.355 e. The number of hydrogen-bond acceptors (Lipinski definition) is 2. The number of methoxy groups -OCH3 is 1. The third-order valence-corrected chi connectivity index (χ3v) is 3.37. The van der Waals surface area contributed by atoms with Gasteiger partial charge in [-0.3, -0.25) is 0 Å². The van der Waals surface area contributed by atoms with E-state index in [4.69, 9.17) is 4.74 Å². The van der Waals surface area contributed by atoms with Gasteiger partial charge in [0.05, 0.1) is 7.11 Å². The van der Waals surface area contributed by atoms with Gasteiger partial charge < -0.3 is 9.30 Å². The van der Waals surface area contributed by atoms with E-state index in [0.29, 0.717) is 12.2 Å². The highest BCUT2D eigenvalue weighted by Crippen LogP contribution is 2.23. The largest absolute Gasteiger partial charge is 0.464 e. The number of ether oxygens (including phenoxy) is 1. The van der Waals surface area contributed by atoms with Crippen molar-refractivity contribution in [2.24, 2.45) is 0 Å². The Hall–Kier alpha value is -2.55. The van der Waals surface area contributed by atoms with Gasteiger partial charge in [-0.2, -0.15) is 0 Å². The Morgan fingerprint density at radius 3 is 2.50 bits per heavy atom. The van der Waals surface area contributed by atoms with Crippen molar-refractivity contribution in [3.05, 3.63) is 72.1 Å². The van der Waals surface area contributed by atoms with Crippen molar-refractivity contribution in [2.75, 3.05) is 7.11 Å². The van der Waals surface area contributed by atoms with E-state index >= 15 is 0 Å². The summed E-state index contributed by atoms with van der Waals surface area (Å²) in [5.41, 5.74) is 1.75. The molecule has 20 heavy (non-hydrogen) atoms. The molecular weight excluding hydrogens is 250 g/mol. The quantitative estimate of drug-likeness (QED) is 0.679. The van der Waals surface area contributed by atoms with Gasteiger partial charge in [0.25, 0.3) is 0 Å². The van der Waals surface area contributed by atoms with Gasteiger partial charge in [0, 0.05) is 23.5 Å². The molecule has 0 aliphatic heterocycles. The zero-order valence-corrected chi connectivity index (χ0v) is 11.2. The van der Waals surface area contributed by atoms with E-state index in [1.807, 2.05) is 65.4 Å². The monoisotopic (exact) mass is 265 g/mol. The summed E-state index contributed by atoms with van der Waals surface area (Å²) in [5.74, 6) is -0.304. The lowest BCUT2D eigenvalue weighted by Crippen LogP contribution is -2.11. The topological polar surface area (TPSA) is 31.2 Å². The van der Waals surface area contributed by atoms with Crippen LogP contribution in [0.3, 0.4) is 0 Å². The average molecular weight is 265 g/mol. The lowest BCUT2D eigenvalue weighted by molar-refractivity contribution is 0.0591. The zero-order chi connectivity index (χ0) is 13.9. The molecular formula is C17H15NO2. The van der Waals surface area contributed by atoms with Crippen LogP contribution in [0.1, 0.15) is 16.1 Å². The van der Waals surface area contributed by atoms with Crippen molar-refractivity contribution >= 4 is 16.7 Å². The van der Waals surface area contributed by atoms with Crippen LogP contribution in [0.15, 0.2) is 60.8 Å². The van der Waals surface area contributed by atoms with E-state index in [-0.39, 0.29) is 5.97 Å². The molecule has 1 heterocycles. The molecule has 0 saturated heterocycles. The molecule has 3 rings (SSSR count). The van der Waals surface area contributed by atoms with Crippen LogP contribution in [0, 0.1) is 0 Å². The van der Waals surface area contributed by atoms with E-state index in [2.05, 4.69) is 0 Å². The molecule has 0 bridgehead atoms. The highest BCUT2D eigenvalue weighted by molar-refractivity contribution is 6.03. The minimum atomic E-state index is -0.304. The Bertz CT molecular complexity index is 744. The Labute approximate surface area is 117 Å². The molecule has 0 amide bonds. The fourth-order valence-electron chi connectivity index (χ4n) is 2.44. The molecule has 3 heteroatoms. The highest BCUT2D eigenvalue weighted by atomic mass is 16.5. The zero-order valence-electron chi connectivity index (χ0n) is 11.2. The first-order valence-electron chi connectivity index (χ1n) is 6.49. The SMILES string of the molecule is COC(=O)c1c2ccccc2cn1Cc1ccccc1. The van der Waals surface area contributed by atoms with Gasteiger partial charge >= 0.3 is 5.97 Å². The van der Waals surface area contributed by atoms with Crippen molar-refractivity contribution in [3.63, 3.8) is 0 Å². The number of carbonyl (C=O) groups is 1. The molecule has 0 fully saturated rings. The number of nitrogens with zero attached hydrogens (tertiary/aromatic N) is 1. The van der Waals surface area contributed by atoms with E-state index in [1.165, 1.54) is 7.11 Å². The number of aromatic nitrogens is 1. The first kappa shape index (κ1) is 12.5. The summed E-state index contributed by atoms with van der Waals surface area (Å²) in [6, 6.07) is 17.9. The van der Waals surface area contributed by atoms with Gasteiger partial charge in [-0.1, -0.05) is 54.6 Å². The van der Waals surface area contributed by atoms with Gasteiger partial charge in [-0.05, 0) is 5.56 Å². The summed E-state index contributed by atoms with van der Waals surface area (Å²) in [6.07, 6.45) is 1.99. The first-order valence-corrected chi connectivity index (χ1v) is 6.49. The van der Waals surface area contributed by atoms with Crippen molar-refractivity contribution < 1.29 is 9.53 Å². The summed E-state index contributed by atoms with van der Waals surface area (Å²) >= 11 is 0. The third kappa shape index (κ3) is 2.18. The number of benzene rings is 2. The van der Waals surface area contributed by atoms with Gasteiger partial charge in [0.15, 0.2) is 0 Å². The van der Waals surface area contributed by atoms with Crippen LogP contribution in [-0.2, 0) is 11.3 Å². The molecule has 0 spiro atoms. The molecule has 0 atom stereocenters. The highest BCUT2D eigenvalue weighted by Gasteiger charge is 2.17. The molecule has 2 aromatic carbocycles. The number of carbonyl (C=O) groups excluding carboxylic acids is 1. The van der Waals surface area contributed by atoms with Crippen LogP contribution in [0.25, 0.3) is 10.8 Å². The summed E-state index contributed by atoms with van der Waals surface area (Å²) < 4.78 is 6.87. The molecule has 0 unspecified atom stereocenters. The third-order valence-electron chi connectivity index (χ3n) is 3.37. The summed E-state index contributed by atoms with van der Waals surface area (Å²) in [4.78, 5) is 12.1. The molecule has 0 saturated carbocycles.